The van der Waals surface area contributed by atoms with E-state index in [0.29, 0.717) is 27.7 Å². The maximum atomic E-state index is 13.7. The Hall–Kier alpha value is -4.17. The van der Waals surface area contributed by atoms with Crippen LogP contribution in [-0.2, 0) is 11.3 Å². The van der Waals surface area contributed by atoms with Crippen LogP contribution in [0.2, 0.25) is 5.02 Å². The molecule has 1 aromatic heterocycles. The molecule has 2 heterocycles. The van der Waals surface area contributed by atoms with Crippen molar-refractivity contribution in [1.82, 2.24) is 4.57 Å². The number of fused-ring (bicyclic) bond motifs is 2. The Morgan fingerprint density at radius 3 is 2.50 bits per heavy atom. The van der Waals surface area contributed by atoms with Crippen LogP contribution in [0.5, 0.6) is 11.5 Å². The number of benzene rings is 3. The van der Waals surface area contributed by atoms with E-state index in [9.17, 15) is 18.8 Å². The average Bonchev–Trinajstić information content (AvgIpc) is 3.28. The van der Waals surface area contributed by atoms with Crippen LogP contribution >= 0.6 is 11.6 Å². The van der Waals surface area contributed by atoms with E-state index in [1.165, 1.54) is 35.0 Å². The number of pyridine rings is 1. The van der Waals surface area contributed by atoms with Crippen LogP contribution in [0.3, 0.4) is 0 Å². The maximum absolute atomic E-state index is 13.7. The number of anilines is 1. The summed E-state index contributed by atoms with van der Waals surface area (Å²) in [4.78, 5) is 39.2. The van der Waals surface area contributed by atoms with Gasteiger partial charge in [0.05, 0.1) is 16.5 Å². The summed E-state index contributed by atoms with van der Waals surface area (Å²) >= 11 is 5.89. The van der Waals surface area contributed by atoms with Crippen LogP contribution in [0.1, 0.15) is 15.9 Å². The predicted octanol–water partition coefficient (Wildman–Crippen LogP) is 4.39. The summed E-state index contributed by atoms with van der Waals surface area (Å²) in [6.07, 6.45) is 1.31. The van der Waals surface area contributed by atoms with E-state index in [4.69, 9.17) is 21.1 Å². The summed E-state index contributed by atoms with van der Waals surface area (Å²) in [6, 6.07) is 14.7. The number of hydrogen-bond acceptors (Lipinski definition) is 5. The molecule has 3 aromatic carbocycles. The maximum Gasteiger partial charge on any atom is 0.244 e. The van der Waals surface area contributed by atoms with E-state index < -0.39 is 22.9 Å². The fraction of sp³-hybridized carbons (Fsp3) is 0.0800. The van der Waals surface area contributed by atoms with Crippen LogP contribution in [0, 0.1) is 5.82 Å². The Labute approximate surface area is 197 Å². The van der Waals surface area contributed by atoms with Crippen LogP contribution in [0.4, 0.5) is 10.1 Å². The number of nitrogens with one attached hydrogen (secondary N) is 1. The summed E-state index contributed by atoms with van der Waals surface area (Å²) in [7, 11) is 0. The van der Waals surface area contributed by atoms with Crippen molar-refractivity contribution in [1.29, 1.82) is 0 Å². The molecule has 0 saturated heterocycles. The second-order valence-corrected chi connectivity index (χ2v) is 8.05. The third-order valence-corrected chi connectivity index (χ3v) is 5.60. The number of rotatable bonds is 5. The topological polar surface area (TPSA) is 86.6 Å². The van der Waals surface area contributed by atoms with Crippen molar-refractivity contribution >= 4 is 39.9 Å². The summed E-state index contributed by atoms with van der Waals surface area (Å²) in [6.45, 7) is -0.214. The molecule has 0 aliphatic carbocycles. The van der Waals surface area contributed by atoms with Gasteiger partial charge in [-0.15, -0.1) is 0 Å². The zero-order valence-electron chi connectivity index (χ0n) is 17.5. The fourth-order valence-corrected chi connectivity index (χ4v) is 3.87. The molecule has 1 aliphatic rings. The lowest BCUT2D eigenvalue weighted by molar-refractivity contribution is -0.116. The zero-order valence-corrected chi connectivity index (χ0v) is 18.3. The van der Waals surface area contributed by atoms with Gasteiger partial charge in [-0.2, -0.15) is 0 Å². The first-order valence-electron chi connectivity index (χ1n) is 10.2. The second-order valence-electron chi connectivity index (χ2n) is 7.62. The number of ketones is 1. The molecule has 1 amide bonds. The number of ether oxygens (including phenoxy) is 2. The van der Waals surface area contributed by atoms with Gasteiger partial charge in [0.1, 0.15) is 12.4 Å². The van der Waals surface area contributed by atoms with E-state index in [0.717, 1.165) is 6.07 Å². The second kappa shape index (κ2) is 8.64. The van der Waals surface area contributed by atoms with Crippen LogP contribution in [0.25, 0.3) is 10.9 Å². The fourth-order valence-electron chi connectivity index (χ4n) is 3.75. The highest BCUT2D eigenvalue weighted by Gasteiger charge is 2.22. The molecular weight excluding hydrogens is 463 g/mol. The van der Waals surface area contributed by atoms with Crippen LogP contribution in [-0.4, -0.2) is 23.1 Å². The monoisotopic (exact) mass is 478 g/mol. The Bertz CT molecular complexity index is 1510. The van der Waals surface area contributed by atoms with Gasteiger partial charge in [0.25, 0.3) is 0 Å². The lowest BCUT2D eigenvalue weighted by atomic mass is 10.0. The van der Waals surface area contributed by atoms with Crippen molar-refractivity contribution in [3.8, 4) is 11.5 Å². The van der Waals surface area contributed by atoms with Crippen molar-refractivity contribution in [3.05, 3.63) is 99.1 Å². The van der Waals surface area contributed by atoms with E-state index in [1.807, 2.05) is 0 Å². The molecule has 9 heteroatoms. The molecular formula is C25H16ClFN2O5. The lowest BCUT2D eigenvalue weighted by Gasteiger charge is -2.14. The van der Waals surface area contributed by atoms with E-state index in [-0.39, 0.29) is 29.9 Å². The van der Waals surface area contributed by atoms with Gasteiger partial charge in [0, 0.05) is 28.5 Å². The smallest absolute Gasteiger partial charge is 0.244 e. The highest BCUT2D eigenvalue weighted by atomic mass is 35.5. The molecule has 1 N–H and O–H groups in total. The van der Waals surface area contributed by atoms with Gasteiger partial charge in [-0.3, -0.25) is 14.4 Å². The molecule has 0 saturated carbocycles. The van der Waals surface area contributed by atoms with Gasteiger partial charge in [-0.1, -0.05) is 23.7 Å². The summed E-state index contributed by atoms with van der Waals surface area (Å²) < 4.78 is 26.0. The van der Waals surface area contributed by atoms with Crippen LogP contribution < -0.4 is 20.2 Å². The van der Waals surface area contributed by atoms with E-state index in [1.54, 1.807) is 30.3 Å². The van der Waals surface area contributed by atoms with Crippen LogP contribution in [0.15, 0.2) is 71.7 Å². The number of hydrogen-bond donors (Lipinski definition) is 1. The average molecular weight is 479 g/mol. The molecule has 5 rings (SSSR count). The number of carbonyl (C=O) groups excluding carboxylic acids is 2. The van der Waals surface area contributed by atoms with E-state index >= 15 is 0 Å². The van der Waals surface area contributed by atoms with Gasteiger partial charge in [-0.05, 0) is 42.5 Å². The van der Waals surface area contributed by atoms with Crippen molar-refractivity contribution in [3.63, 3.8) is 0 Å². The molecule has 0 spiro atoms. The summed E-state index contributed by atoms with van der Waals surface area (Å²) in [5, 5.41) is 3.45. The number of aromatic nitrogens is 1. The molecule has 0 unspecified atom stereocenters. The first-order valence-corrected chi connectivity index (χ1v) is 10.6. The van der Waals surface area contributed by atoms with E-state index in [2.05, 4.69) is 5.32 Å². The molecule has 170 valence electrons. The van der Waals surface area contributed by atoms with Crippen molar-refractivity contribution < 1.29 is 23.5 Å². The van der Waals surface area contributed by atoms with Gasteiger partial charge in [-0.25, -0.2) is 4.39 Å². The highest BCUT2D eigenvalue weighted by molar-refractivity contribution is 6.30. The van der Waals surface area contributed by atoms with Crippen molar-refractivity contribution in [2.45, 2.75) is 6.54 Å². The number of halogens is 2. The molecule has 1 aliphatic heterocycles. The minimum atomic E-state index is -0.657. The molecule has 7 nitrogen and oxygen atoms in total. The lowest BCUT2D eigenvalue weighted by Crippen LogP contribution is -2.24. The largest absolute Gasteiger partial charge is 0.454 e. The molecule has 4 aromatic rings. The zero-order chi connectivity index (χ0) is 23.8. The Balaban J connectivity index is 1.59. The molecule has 34 heavy (non-hydrogen) atoms. The Morgan fingerprint density at radius 1 is 1.03 bits per heavy atom. The Kier molecular flexibility index (Phi) is 5.51. The Morgan fingerprint density at radius 2 is 1.76 bits per heavy atom. The highest BCUT2D eigenvalue weighted by Crippen LogP contribution is 2.35. The minimum absolute atomic E-state index is 0.00796. The number of nitrogens with zero attached hydrogens (tertiary/aromatic N) is 1. The molecule has 0 radical (unpaired) electrons. The third-order valence-electron chi connectivity index (χ3n) is 5.35. The van der Waals surface area contributed by atoms with Gasteiger partial charge in [0.15, 0.2) is 17.3 Å². The van der Waals surface area contributed by atoms with Gasteiger partial charge < -0.3 is 19.4 Å². The molecule has 0 fully saturated rings. The summed E-state index contributed by atoms with van der Waals surface area (Å²) in [5.41, 5.74) is 0.187. The quantitative estimate of drug-likeness (QED) is 0.430. The molecule has 0 bridgehead atoms. The first kappa shape index (κ1) is 21.7. The standard InChI is InChI=1S/C25H16ClFN2O5/c26-15-4-6-17(7-5-15)28-23(30)12-29-11-19(24(31)14-2-1-3-16(27)8-14)25(32)18-9-21-22(10-20(18)29)34-13-33-21/h1-11H,12-13H2,(H,28,30). The van der Waals surface area contributed by atoms with Crippen molar-refractivity contribution in [2.24, 2.45) is 0 Å². The number of amides is 1. The van der Waals surface area contributed by atoms with Gasteiger partial charge >= 0.3 is 0 Å². The minimum Gasteiger partial charge on any atom is -0.454 e. The number of carbonyl (C=O) groups is 2. The normalized spacial score (nSPS) is 12.1. The third kappa shape index (κ3) is 4.11. The summed E-state index contributed by atoms with van der Waals surface area (Å²) in [5.74, 6) is -0.872. The van der Waals surface area contributed by atoms with Gasteiger partial charge in [0.2, 0.25) is 18.1 Å². The SMILES string of the molecule is O=C(Cn1cc(C(=O)c2cccc(F)c2)c(=O)c2cc3c(cc21)OCO3)Nc1ccc(Cl)cc1. The molecule has 0 atom stereocenters. The first-order chi connectivity index (χ1) is 16.4. The predicted molar refractivity (Wildman–Crippen MR) is 124 cm³/mol. The van der Waals surface area contributed by atoms with Crippen molar-refractivity contribution in [2.75, 3.05) is 12.1 Å².